The summed E-state index contributed by atoms with van der Waals surface area (Å²) in [7, 11) is -3.56. The normalized spacial score (nSPS) is 19.2. The van der Waals surface area contributed by atoms with Crippen LogP contribution >= 0.6 is 0 Å². The number of amides is 1. The number of benzene rings is 2. The molecule has 1 saturated heterocycles. The third-order valence-corrected chi connectivity index (χ3v) is 7.64. The molecule has 0 radical (unpaired) electrons. The van der Waals surface area contributed by atoms with Crippen molar-refractivity contribution in [2.24, 2.45) is 0 Å². The summed E-state index contributed by atoms with van der Waals surface area (Å²) >= 11 is 0. The van der Waals surface area contributed by atoms with Crippen molar-refractivity contribution in [2.75, 3.05) is 31.6 Å². The third kappa shape index (κ3) is 3.79. The van der Waals surface area contributed by atoms with Gasteiger partial charge in [0.25, 0.3) is 5.91 Å². The van der Waals surface area contributed by atoms with Crippen LogP contribution in [0.15, 0.2) is 76.2 Å². The van der Waals surface area contributed by atoms with Gasteiger partial charge in [0.1, 0.15) is 11.9 Å². The Hall–Kier alpha value is -3.14. The Labute approximate surface area is 186 Å². The van der Waals surface area contributed by atoms with Crippen molar-refractivity contribution in [3.63, 3.8) is 0 Å². The zero-order valence-electron chi connectivity index (χ0n) is 17.3. The monoisotopic (exact) mass is 453 g/mol. The van der Waals surface area contributed by atoms with E-state index in [1.54, 1.807) is 41.5 Å². The number of carbonyl (C=O) groups is 1. The van der Waals surface area contributed by atoms with Gasteiger partial charge in [-0.05, 0) is 42.5 Å². The molecule has 0 saturated carbocycles. The molecule has 1 N–H and O–H groups in total. The molecule has 0 bridgehead atoms. The fourth-order valence-electron chi connectivity index (χ4n) is 4.08. The second kappa shape index (κ2) is 8.42. The summed E-state index contributed by atoms with van der Waals surface area (Å²) in [5, 5.41) is 3.38. The number of hydrogen-bond acceptors (Lipinski definition) is 6. The molecule has 5 rings (SSSR count). The fourth-order valence-corrected chi connectivity index (χ4v) is 5.48. The van der Waals surface area contributed by atoms with E-state index in [2.05, 4.69) is 5.32 Å². The van der Waals surface area contributed by atoms with Crippen LogP contribution < -0.4 is 5.32 Å². The quantitative estimate of drug-likeness (QED) is 0.617. The molecule has 1 amide bonds. The van der Waals surface area contributed by atoms with Crippen LogP contribution in [0.3, 0.4) is 0 Å². The number of nitrogens with zero attached hydrogens (tertiary/aromatic N) is 2. The summed E-state index contributed by atoms with van der Waals surface area (Å²) in [6.45, 7) is 1.83. The van der Waals surface area contributed by atoms with Gasteiger partial charge < -0.3 is 19.4 Å². The van der Waals surface area contributed by atoms with Gasteiger partial charge in [0.2, 0.25) is 10.0 Å². The van der Waals surface area contributed by atoms with E-state index in [1.807, 2.05) is 30.3 Å². The molecule has 3 aromatic rings. The smallest absolute Gasteiger partial charge is 0.256 e. The number of fused-ring (bicyclic) bond motifs is 1. The van der Waals surface area contributed by atoms with E-state index < -0.39 is 16.2 Å². The fraction of sp³-hybridized carbons (Fsp3) is 0.261. The van der Waals surface area contributed by atoms with E-state index >= 15 is 0 Å². The first-order valence-corrected chi connectivity index (χ1v) is 11.8. The minimum atomic E-state index is -3.56. The topological polar surface area (TPSA) is 92.1 Å². The largest absolute Gasteiger partial charge is 0.467 e. The molecule has 2 aliphatic rings. The van der Waals surface area contributed by atoms with Crippen LogP contribution in [0.4, 0.5) is 5.69 Å². The van der Waals surface area contributed by atoms with E-state index in [9.17, 15) is 13.2 Å². The lowest BCUT2D eigenvalue weighted by molar-refractivity contribution is 0.0715. The zero-order chi connectivity index (χ0) is 22.1. The van der Waals surface area contributed by atoms with Crippen LogP contribution in [0.2, 0.25) is 0 Å². The number of ether oxygens (including phenoxy) is 1. The lowest BCUT2D eigenvalue weighted by atomic mass is 10.1. The summed E-state index contributed by atoms with van der Waals surface area (Å²) in [5.74, 6) is 0.603. The molecule has 1 atom stereocenters. The Bertz CT molecular complexity index is 1200. The second-order valence-electron chi connectivity index (χ2n) is 7.69. The number of morpholine rings is 1. The molecule has 1 aromatic heterocycles. The minimum absolute atomic E-state index is 0.0824. The van der Waals surface area contributed by atoms with Gasteiger partial charge in [-0.2, -0.15) is 4.31 Å². The first kappa shape index (κ1) is 20.7. The lowest BCUT2D eigenvalue weighted by Crippen LogP contribution is -2.40. The Morgan fingerprint density at radius 3 is 2.44 bits per heavy atom. The zero-order valence-corrected chi connectivity index (χ0v) is 18.1. The van der Waals surface area contributed by atoms with Crippen LogP contribution in [-0.2, 0) is 21.3 Å². The third-order valence-electron chi connectivity index (χ3n) is 5.73. The van der Waals surface area contributed by atoms with Gasteiger partial charge in [-0.1, -0.05) is 18.2 Å². The van der Waals surface area contributed by atoms with Crippen LogP contribution in [-0.4, -0.2) is 49.8 Å². The van der Waals surface area contributed by atoms with Gasteiger partial charge in [-0.25, -0.2) is 8.42 Å². The van der Waals surface area contributed by atoms with Crippen LogP contribution in [0, 0.1) is 0 Å². The van der Waals surface area contributed by atoms with Crippen molar-refractivity contribution in [1.82, 2.24) is 9.21 Å². The molecule has 3 heterocycles. The van der Waals surface area contributed by atoms with Gasteiger partial charge in [0.05, 0.1) is 30.9 Å². The average molecular weight is 454 g/mol. The van der Waals surface area contributed by atoms with Gasteiger partial charge in [0, 0.05) is 29.9 Å². The number of nitrogens with one attached hydrogen (secondary N) is 1. The van der Waals surface area contributed by atoms with Crippen molar-refractivity contribution < 1.29 is 22.4 Å². The summed E-state index contributed by atoms with van der Waals surface area (Å²) < 4.78 is 37.9. The highest BCUT2D eigenvalue weighted by molar-refractivity contribution is 7.89. The van der Waals surface area contributed by atoms with Gasteiger partial charge in [-0.15, -0.1) is 0 Å². The minimum Gasteiger partial charge on any atom is -0.467 e. The maximum Gasteiger partial charge on any atom is 0.256 e. The number of anilines is 1. The number of hydrogen-bond donors (Lipinski definition) is 1. The second-order valence-corrected chi connectivity index (χ2v) is 9.63. The van der Waals surface area contributed by atoms with Crippen LogP contribution in [0.5, 0.6) is 0 Å². The molecule has 1 fully saturated rings. The molecule has 0 spiro atoms. The SMILES string of the molecule is O=C1c2ccccc2[C@H](Nc2ccc(S(=O)(=O)N3CCOCC3)cc2)N1Cc1ccco1. The van der Waals surface area contributed by atoms with Crippen molar-refractivity contribution in [2.45, 2.75) is 17.6 Å². The highest BCUT2D eigenvalue weighted by Gasteiger charge is 2.37. The number of sulfonamides is 1. The molecule has 8 nitrogen and oxygen atoms in total. The van der Waals surface area contributed by atoms with Gasteiger partial charge in [0.15, 0.2) is 0 Å². The van der Waals surface area contributed by atoms with Crippen molar-refractivity contribution in [3.05, 3.63) is 83.8 Å². The van der Waals surface area contributed by atoms with Crippen molar-refractivity contribution in [1.29, 1.82) is 0 Å². The molecule has 166 valence electrons. The number of rotatable bonds is 6. The lowest BCUT2D eigenvalue weighted by Gasteiger charge is -2.27. The Morgan fingerprint density at radius 2 is 1.72 bits per heavy atom. The van der Waals surface area contributed by atoms with Crippen LogP contribution in [0.1, 0.15) is 27.8 Å². The summed E-state index contributed by atoms with van der Waals surface area (Å²) in [6, 6.07) is 17.7. The summed E-state index contributed by atoms with van der Waals surface area (Å²) in [6.07, 6.45) is 1.18. The molecule has 32 heavy (non-hydrogen) atoms. The molecular weight excluding hydrogens is 430 g/mol. The Morgan fingerprint density at radius 1 is 0.969 bits per heavy atom. The van der Waals surface area contributed by atoms with E-state index in [0.29, 0.717) is 49.9 Å². The Balaban J connectivity index is 1.39. The predicted octanol–water partition coefficient (Wildman–Crippen LogP) is 3.07. The summed E-state index contributed by atoms with van der Waals surface area (Å²) in [4.78, 5) is 15.0. The first-order chi connectivity index (χ1) is 15.5. The van der Waals surface area contributed by atoms with E-state index in [-0.39, 0.29) is 10.8 Å². The molecule has 0 aliphatic carbocycles. The average Bonchev–Trinajstić information content (AvgIpc) is 3.43. The van der Waals surface area contributed by atoms with Gasteiger partial charge >= 0.3 is 0 Å². The molecule has 0 unspecified atom stereocenters. The Kier molecular flexibility index (Phi) is 5.46. The van der Waals surface area contributed by atoms with Crippen molar-refractivity contribution in [3.8, 4) is 0 Å². The highest BCUT2D eigenvalue weighted by Crippen LogP contribution is 2.35. The van der Waals surface area contributed by atoms with E-state index in [1.165, 1.54) is 4.31 Å². The molecule has 9 heteroatoms. The number of carbonyl (C=O) groups excluding carboxylic acids is 1. The standard InChI is InChI=1S/C23H23N3O5S/c27-23-21-6-2-1-5-20(21)22(26(23)16-18-4-3-13-31-18)24-17-7-9-19(10-8-17)32(28,29)25-11-14-30-15-12-25/h1-10,13,22,24H,11-12,14-16H2/t22-/m1/s1. The molecular formula is C23H23N3O5S. The van der Waals surface area contributed by atoms with E-state index in [4.69, 9.17) is 9.15 Å². The van der Waals surface area contributed by atoms with Crippen LogP contribution in [0.25, 0.3) is 0 Å². The van der Waals surface area contributed by atoms with Crippen molar-refractivity contribution >= 4 is 21.6 Å². The predicted molar refractivity (Wildman–Crippen MR) is 117 cm³/mol. The molecule has 2 aliphatic heterocycles. The molecule has 2 aromatic carbocycles. The maximum atomic E-state index is 13.0. The maximum absolute atomic E-state index is 13.0. The summed E-state index contributed by atoms with van der Waals surface area (Å²) in [5.41, 5.74) is 2.22. The highest BCUT2D eigenvalue weighted by atomic mass is 32.2. The number of furan rings is 1. The van der Waals surface area contributed by atoms with E-state index in [0.717, 1.165) is 5.56 Å². The first-order valence-electron chi connectivity index (χ1n) is 10.4. The van der Waals surface area contributed by atoms with Gasteiger partial charge in [-0.3, -0.25) is 4.79 Å².